The normalized spacial score (nSPS) is 16.2. The number of carbonyl (C=O) groups excluding carboxylic acids is 1. The third-order valence-corrected chi connectivity index (χ3v) is 4.85. The zero-order valence-corrected chi connectivity index (χ0v) is 15.9. The molecule has 0 aliphatic carbocycles. The molecular weight excluding hydrogens is 376 g/mol. The second-order valence-electron chi connectivity index (χ2n) is 6.31. The minimum Gasteiger partial charge on any atom is -0.481 e. The van der Waals surface area contributed by atoms with Crippen molar-refractivity contribution in [1.29, 1.82) is 0 Å². The van der Waals surface area contributed by atoms with E-state index in [0.717, 1.165) is 0 Å². The van der Waals surface area contributed by atoms with Gasteiger partial charge in [0.1, 0.15) is 5.76 Å². The smallest absolute Gasteiger partial charge is 0.319 e. The van der Waals surface area contributed by atoms with E-state index in [0.29, 0.717) is 50.1 Å². The van der Waals surface area contributed by atoms with Gasteiger partial charge in [-0.15, -0.1) is 0 Å². The van der Waals surface area contributed by atoms with E-state index in [1.54, 1.807) is 11.0 Å². The van der Waals surface area contributed by atoms with E-state index in [1.807, 2.05) is 0 Å². The van der Waals surface area contributed by atoms with Crippen molar-refractivity contribution < 1.29 is 23.9 Å². The van der Waals surface area contributed by atoms with E-state index in [-0.39, 0.29) is 23.0 Å². The van der Waals surface area contributed by atoms with Crippen LogP contribution in [0.15, 0.2) is 16.8 Å². The molecule has 1 amide bonds. The van der Waals surface area contributed by atoms with E-state index < -0.39 is 5.60 Å². The molecular formula is C17H21ClN4O5. The van der Waals surface area contributed by atoms with Gasteiger partial charge in [0, 0.05) is 38.2 Å². The van der Waals surface area contributed by atoms with Crippen LogP contribution in [0.5, 0.6) is 11.9 Å². The lowest BCUT2D eigenvalue weighted by atomic mass is 9.85. The predicted molar refractivity (Wildman–Crippen MR) is 94.7 cm³/mol. The van der Waals surface area contributed by atoms with Crippen molar-refractivity contribution in [3.8, 4) is 11.9 Å². The summed E-state index contributed by atoms with van der Waals surface area (Å²) in [7, 11) is 2.93. The van der Waals surface area contributed by atoms with Crippen LogP contribution in [0.1, 0.15) is 30.6 Å². The van der Waals surface area contributed by atoms with Crippen LogP contribution < -0.4 is 9.47 Å². The first-order valence-corrected chi connectivity index (χ1v) is 8.90. The molecule has 1 N–H and O–H groups in total. The first-order chi connectivity index (χ1) is 12.9. The molecule has 3 rings (SSSR count). The molecule has 3 heterocycles. The standard InChI is InChI=1S/C17H21ClN4O5/c1-25-15-12(10-19-16(20-15)26-2)17(24)5-7-22(8-6-17)14(23)4-3-11-9-13(18)21-27-11/h9-10,24H,3-8H2,1-2H3. The van der Waals surface area contributed by atoms with Gasteiger partial charge < -0.3 is 24.0 Å². The lowest BCUT2D eigenvalue weighted by Crippen LogP contribution is -2.45. The van der Waals surface area contributed by atoms with Crippen molar-refractivity contribution in [3.63, 3.8) is 0 Å². The summed E-state index contributed by atoms with van der Waals surface area (Å²) in [5, 5.41) is 14.9. The zero-order valence-electron chi connectivity index (χ0n) is 15.1. The molecule has 146 valence electrons. The number of hydrogen-bond donors (Lipinski definition) is 1. The summed E-state index contributed by atoms with van der Waals surface area (Å²) >= 11 is 5.70. The maximum atomic E-state index is 12.4. The summed E-state index contributed by atoms with van der Waals surface area (Å²) in [5.74, 6) is 0.829. The molecule has 1 fully saturated rings. The Morgan fingerprint density at radius 1 is 1.37 bits per heavy atom. The van der Waals surface area contributed by atoms with Gasteiger partial charge in [0.15, 0.2) is 5.15 Å². The molecule has 0 aromatic carbocycles. The van der Waals surface area contributed by atoms with Crippen LogP contribution >= 0.6 is 11.6 Å². The fraction of sp³-hybridized carbons (Fsp3) is 0.529. The maximum absolute atomic E-state index is 12.4. The minimum atomic E-state index is -1.16. The highest BCUT2D eigenvalue weighted by Crippen LogP contribution is 2.37. The Morgan fingerprint density at radius 3 is 2.70 bits per heavy atom. The molecule has 27 heavy (non-hydrogen) atoms. The fourth-order valence-corrected chi connectivity index (χ4v) is 3.27. The van der Waals surface area contributed by atoms with Gasteiger partial charge in [0.05, 0.1) is 25.4 Å². The van der Waals surface area contributed by atoms with Crippen LogP contribution in [-0.4, -0.2) is 58.3 Å². The molecule has 10 heteroatoms. The number of halogens is 1. The number of aryl methyl sites for hydroxylation is 1. The second kappa shape index (κ2) is 8.10. The molecule has 1 aliphatic heterocycles. The molecule has 0 bridgehead atoms. The van der Waals surface area contributed by atoms with Crippen molar-refractivity contribution >= 4 is 17.5 Å². The molecule has 1 aliphatic rings. The average Bonchev–Trinajstić information content (AvgIpc) is 3.11. The maximum Gasteiger partial charge on any atom is 0.319 e. The summed E-state index contributed by atoms with van der Waals surface area (Å²) in [6.45, 7) is 0.837. The Balaban J connectivity index is 1.61. The number of piperidine rings is 1. The Kier molecular flexibility index (Phi) is 5.81. The fourth-order valence-electron chi connectivity index (χ4n) is 3.11. The van der Waals surface area contributed by atoms with Gasteiger partial charge in [-0.3, -0.25) is 4.79 Å². The summed E-state index contributed by atoms with van der Waals surface area (Å²) in [6, 6.07) is 1.76. The van der Waals surface area contributed by atoms with E-state index in [4.69, 9.17) is 25.6 Å². The average molecular weight is 397 g/mol. The highest BCUT2D eigenvalue weighted by molar-refractivity contribution is 6.29. The molecule has 0 radical (unpaired) electrons. The number of likely N-dealkylation sites (tertiary alicyclic amines) is 1. The number of nitrogens with zero attached hydrogens (tertiary/aromatic N) is 4. The van der Waals surface area contributed by atoms with Crippen molar-refractivity contribution in [2.45, 2.75) is 31.3 Å². The van der Waals surface area contributed by atoms with Crippen LogP contribution in [-0.2, 0) is 16.8 Å². The van der Waals surface area contributed by atoms with Gasteiger partial charge in [-0.25, -0.2) is 4.98 Å². The van der Waals surface area contributed by atoms with Gasteiger partial charge in [-0.05, 0) is 12.8 Å². The van der Waals surface area contributed by atoms with Gasteiger partial charge in [0.25, 0.3) is 0 Å². The summed E-state index contributed by atoms with van der Waals surface area (Å²) in [6.07, 6.45) is 2.95. The van der Waals surface area contributed by atoms with Gasteiger partial charge >= 0.3 is 6.01 Å². The van der Waals surface area contributed by atoms with Crippen molar-refractivity contribution in [2.75, 3.05) is 27.3 Å². The Labute approximate surface area is 161 Å². The lowest BCUT2D eigenvalue weighted by molar-refractivity contribution is -0.135. The van der Waals surface area contributed by atoms with Crippen LogP contribution in [0.25, 0.3) is 0 Å². The van der Waals surface area contributed by atoms with E-state index in [2.05, 4.69) is 15.1 Å². The minimum absolute atomic E-state index is 0.0116. The van der Waals surface area contributed by atoms with E-state index in [1.165, 1.54) is 20.4 Å². The second-order valence-corrected chi connectivity index (χ2v) is 6.70. The summed E-state index contributed by atoms with van der Waals surface area (Å²) in [4.78, 5) is 22.3. The van der Waals surface area contributed by atoms with Gasteiger partial charge in [-0.2, -0.15) is 4.98 Å². The first-order valence-electron chi connectivity index (χ1n) is 8.52. The lowest BCUT2D eigenvalue weighted by Gasteiger charge is -2.38. The molecule has 0 saturated carbocycles. The quantitative estimate of drug-likeness (QED) is 0.783. The summed E-state index contributed by atoms with van der Waals surface area (Å²) in [5.41, 5.74) is -0.665. The molecule has 2 aromatic rings. The van der Waals surface area contributed by atoms with Crippen molar-refractivity contribution in [3.05, 3.63) is 28.7 Å². The number of amides is 1. The highest BCUT2D eigenvalue weighted by Gasteiger charge is 2.38. The number of ether oxygens (including phenoxy) is 2. The molecule has 2 aromatic heterocycles. The molecule has 9 nitrogen and oxygen atoms in total. The Hall–Kier alpha value is -2.39. The van der Waals surface area contributed by atoms with E-state index >= 15 is 0 Å². The molecule has 0 atom stereocenters. The first kappa shape index (κ1) is 19.4. The van der Waals surface area contributed by atoms with E-state index in [9.17, 15) is 9.90 Å². The predicted octanol–water partition coefficient (Wildman–Crippen LogP) is 1.58. The monoisotopic (exact) mass is 396 g/mol. The molecule has 1 saturated heterocycles. The number of carbonyl (C=O) groups is 1. The number of aromatic nitrogens is 3. The highest BCUT2D eigenvalue weighted by atomic mass is 35.5. The van der Waals surface area contributed by atoms with Crippen LogP contribution in [0.4, 0.5) is 0 Å². The third kappa shape index (κ3) is 4.30. The number of methoxy groups -OCH3 is 2. The topological polar surface area (TPSA) is 111 Å². The summed E-state index contributed by atoms with van der Waals surface area (Å²) < 4.78 is 15.3. The SMILES string of the molecule is COc1ncc(C2(O)CCN(C(=O)CCc3cc(Cl)no3)CC2)c(OC)n1. The molecule has 0 spiro atoms. The van der Waals surface area contributed by atoms with Crippen LogP contribution in [0, 0.1) is 0 Å². The number of aliphatic hydroxyl groups is 1. The van der Waals surface area contributed by atoms with Crippen LogP contribution in [0.3, 0.4) is 0 Å². The third-order valence-electron chi connectivity index (χ3n) is 4.67. The largest absolute Gasteiger partial charge is 0.481 e. The Morgan fingerprint density at radius 2 is 2.11 bits per heavy atom. The zero-order chi connectivity index (χ0) is 19.4. The van der Waals surface area contributed by atoms with Crippen molar-refractivity contribution in [1.82, 2.24) is 20.0 Å². The van der Waals surface area contributed by atoms with Crippen LogP contribution in [0.2, 0.25) is 5.15 Å². The number of hydrogen-bond acceptors (Lipinski definition) is 8. The number of rotatable bonds is 6. The van der Waals surface area contributed by atoms with Crippen molar-refractivity contribution in [2.24, 2.45) is 0 Å². The molecule has 0 unspecified atom stereocenters. The van der Waals surface area contributed by atoms with Gasteiger partial charge in [0.2, 0.25) is 11.8 Å². The van der Waals surface area contributed by atoms with Gasteiger partial charge in [-0.1, -0.05) is 16.8 Å². The Bertz CT molecular complexity index is 804.